The fraction of sp³-hybridized carbons (Fsp3) is 0.0769. The van der Waals surface area contributed by atoms with Crippen molar-refractivity contribution < 1.29 is 13.9 Å². The number of nitrogens with zero attached hydrogens (tertiary/aromatic N) is 1. The summed E-state index contributed by atoms with van der Waals surface area (Å²) in [6.07, 6.45) is 0.682. The van der Waals surface area contributed by atoms with Gasteiger partial charge in [-0.25, -0.2) is 0 Å². The third-order valence-electron chi connectivity index (χ3n) is 2.75. The van der Waals surface area contributed by atoms with Gasteiger partial charge in [0.2, 0.25) is 5.88 Å². The van der Waals surface area contributed by atoms with Gasteiger partial charge < -0.3 is 9.15 Å². The zero-order chi connectivity index (χ0) is 12.5. The maximum Gasteiger partial charge on any atom is 0.240 e. The summed E-state index contributed by atoms with van der Waals surface area (Å²) in [5.74, 6) is 1.52. The number of carbonyl (C=O) groups excluding carboxylic acids is 1. The van der Waals surface area contributed by atoms with E-state index in [1.165, 1.54) is 0 Å². The van der Waals surface area contributed by atoms with Gasteiger partial charge in [0.05, 0.1) is 18.0 Å². The Morgan fingerprint density at radius 1 is 1.33 bits per heavy atom. The molecule has 0 aliphatic rings. The number of nitrogens with one attached hydrogen (secondary N) is 1. The largest absolute Gasteiger partial charge is 0.480 e. The zero-order valence-electron chi connectivity index (χ0n) is 9.64. The highest BCUT2D eigenvalue weighted by Crippen LogP contribution is 2.28. The first kappa shape index (κ1) is 10.6. The summed E-state index contributed by atoms with van der Waals surface area (Å²) < 4.78 is 10.5. The van der Waals surface area contributed by atoms with E-state index < -0.39 is 0 Å². The van der Waals surface area contributed by atoms with Gasteiger partial charge in [-0.2, -0.15) is 0 Å². The number of furan rings is 1. The van der Waals surface area contributed by atoms with E-state index in [-0.39, 0.29) is 0 Å². The second-order valence-electron chi connectivity index (χ2n) is 3.81. The van der Waals surface area contributed by atoms with Crippen LogP contribution in [0.15, 0.2) is 34.7 Å². The van der Waals surface area contributed by atoms with Crippen LogP contribution < -0.4 is 4.74 Å². The number of aromatic amines is 1. The lowest BCUT2D eigenvalue weighted by Gasteiger charge is -1.98. The van der Waals surface area contributed by atoms with E-state index in [4.69, 9.17) is 9.15 Å². The molecule has 0 fully saturated rings. The Hall–Kier alpha value is -2.56. The summed E-state index contributed by atoms with van der Waals surface area (Å²) in [4.78, 5) is 10.6. The van der Waals surface area contributed by atoms with E-state index in [1.54, 1.807) is 19.2 Å². The van der Waals surface area contributed by atoms with Gasteiger partial charge in [-0.15, -0.1) is 5.10 Å². The predicted molar refractivity (Wildman–Crippen MR) is 65.7 cm³/mol. The van der Waals surface area contributed by atoms with E-state index in [0.29, 0.717) is 23.7 Å². The lowest BCUT2D eigenvalue weighted by atomic mass is 10.1. The molecule has 0 saturated heterocycles. The number of methoxy groups -OCH3 is 1. The van der Waals surface area contributed by atoms with Crippen molar-refractivity contribution >= 4 is 17.2 Å². The number of aromatic nitrogens is 2. The van der Waals surface area contributed by atoms with Crippen LogP contribution in [0, 0.1) is 0 Å². The Labute approximate surface area is 102 Å². The van der Waals surface area contributed by atoms with Crippen molar-refractivity contribution in [3.8, 4) is 17.2 Å². The Balaban J connectivity index is 2.10. The fourth-order valence-electron chi connectivity index (χ4n) is 1.87. The van der Waals surface area contributed by atoms with Crippen LogP contribution in [0.25, 0.3) is 22.2 Å². The first-order chi connectivity index (χ1) is 8.81. The van der Waals surface area contributed by atoms with Crippen molar-refractivity contribution in [2.45, 2.75) is 0 Å². The molecule has 90 valence electrons. The molecule has 3 rings (SSSR count). The molecule has 2 aromatic heterocycles. The third-order valence-corrected chi connectivity index (χ3v) is 2.75. The lowest BCUT2D eigenvalue weighted by Crippen LogP contribution is -1.81. The predicted octanol–water partition coefficient (Wildman–Crippen LogP) is 2.64. The molecule has 0 aliphatic heterocycles. The molecule has 3 aromatic rings. The van der Waals surface area contributed by atoms with E-state index in [1.807, 2.05) is 18.2 Å². The summed E-state index contributed by atoms with van der Waals surface area (Å²) in [6, 6.07) is 9.10. The van der Waals surface area contributed by atoms with Crippen LogP contribution in [0.5, 0.6) is 5.88 Å². The van der Waals surface area contributed by atoms with Gasteiger partial charge in [-0.1, -0.05) is 6.07 Å². The van der Waals surface area contributed by atoms with Gasteiger partial charge in [0, 0.05) is 5.56 Å². The van der Waals surface area contributed by atoms with E-state index in [9.17, 15) is 4.79 Å². The van der Waals surface area contributed by atoms with E-state index in [0.717, 1.165) is 16.5 Å². The van der Waals surface area contributed by atoms with Crippen molar-refractivity contribution in [2.75, 3.05) is 7.11 Å². The molecule has 1 N–H and O–H groups in total. The standard InChI is InChI=1S/C13H10N2O3/c1-17-13-10-4-2-8(6-11(10)14-15-13)12-5-3-9(7-16)18-12/h2-7H,1H3,(H,14,15). The first-order valence-corrected chi connectivity index (χ1v) is 5.39. The van der Waals surface area contributed by atoms with Crippen molar-refractivity contribution in [1.29, 1.82) is 0 Å². The average molecular weight is 242 g/mol. The number of H-pyrrole nitrogens is 1. The second kappa shape index (κ2) is 4.03. The van der Waals surface area contributed by atoms with Crippen LogP contribution in [0.1, 0.15) is 10.6 Å². The van der Waals surface area contributed by atoms with Crippen LogP contribution in [0.4, 0.5) is 0 Å². The molecule has 0 unspecified atom stereocenters. The molecule has 0 radical (unpaired) electrons. The van der Waals surface area contributed by atoms with Crippen LogP contribution in [-0.2, 0) is 0 Å². The van der Waals surface area contributed by atoms with Crippen molar-refractivity contribution in [2.24, 2.45) is 0 Å². The third kappa shape index (κ3) is 1.57. The monoisotopic (exact) mass is 242 g/mol. The van der Waals surface area contributed by atoms with Gasteiger partial charge in [-0.05, 0) is 24.3 Å². The van der Waals surface area contributed by atoms with Gasteiger partial charge in [-0.3, -0.25) is 9.89 Å². The molecule has 0 spiro atoms. The van der Waals surface area contributed by atoms with E-state index in [2.05, 4.69) is 10.2 Å². The van der Waals surface area contributed by atoms with Crippen LogP contribution >= 0.6 is 0 Å². The molecule has 0 amide bonds. The van der Waals surface area contributed by atoms with Gasteiger partial charge in [0.15, 0.2) is 12.0 Å². The molecule has 0 saturated carbocycles. The maximum absolute atomic E-state index is 10.6. The second-order valence-corrected chi connectivity index (χ2v) is 3.81. The summed E-state index contributed by atoms with van der Waals surface area (Å²) >= 11 is 0. The quantitative estimate of drug-likeness (QED) is 0.717. The van der Waals surface area contributed by atoms with Gasteiger partial charge in [0.25, 0.3) is 0 Å². The number of hydrogen-bond donors (Lipinski definition) is 1. The molecule has 5 nitrogen and oxygen atoms in total. The Morgan fingerprint density at radius 2 is 2.22 bits per heavy atom. The smallest absolute Gasteiger partial charge is 0.240 e. The minimum atomic E-state index is 0.312. The highest BCUT2D eigenvalue weighted by Gasteiger charge is 2.09. The molecular formula is C13H10N2O3. The van der Waals surface area contributed by atoms with E-state index >= 15 is 0 Å². The SMILES string of the molecule is COc1n[nH]c2cc(-c3ccc(C=O)o3)ccc12. The molecule has 18 heavy (non-hydrogen) atoms. The number of hydrogen-bond acceptors (Lipinski definition) is 4. The number of carbonyl (C=O) groups is 1. The minimum Gasteiger partial charge on any atom is -0.480 e. The van der Waals surface area contributed by atoms with Crippen molar-refractivity contribution in [3.05, 3.63) is 36.1 Å². The molecule has 5 heteroatoms. The average Bonchev–Trinajstić information content (AvgIpc) is 3.04. The number of aldehydes is 1. The fourth-order valence-corrected chi connectivity index (χ4v) is 1.87. The van der Waals surface area contributed by atoms with Crippen LogP contribution in [0.2, 0.25) is 0 Å². The molecule has 1 aromatic carbocycles. The maximum atomic E-state index is 10.6. The summed E-state index contributed by atoms with van der Waals surface area (Å²) in [5.41, 5.74) is 1.73. The number of ether oxygens (including phenoxy) is 1. The number of rotatable bonds is 3. The van der Waals surface area contributed by atoms with Crippen molar-refractivity contribution in [3.63, 3.8) is 0 Å². The summed E-state index contributed by atoms with van der Waals surface area (Å²) in [6.45, 7) is 0. The minimum absolute atomic E-state index is 0.312. The molecular weight excluding hydrogens is 232 g/mol. The number of fused-ring (bicyclic) bond motifs is 1. The molecule has 0 bridgehead atoms. The Kier molecular flexibility index (Phi) is 2.37. The highest BCUT2D eigenvalue weighted by atomic mass is 16.5. The van der Waals surface area contributed by atoms with Crippen LogP contribution in [-0.4, -0.2) is 23.6 Å². The number of benzene rings is 1. The Morgan fingerprint density at radius 3 is 2.94 bits per heavy atom. The van der Waals surface area contributed by atoms with Gasteiger partial charge >= 0.3 is 0 Å². The molecule has 2 heterocycles. The Bertz CT molecular complexity index is 712. The lowest BCUT2D eigenvalue weighted by molar-refractivity contribution is 0.110. The van der Waals surface area contributed by atoms with Crippen LogP contribution in [0.3, 0.4) is 0 Å². The normalized spacial score (nSPS) is 10.7. The first-order valence-electron chi connectivity index (χ1n) is 5.39. The zero-order valence-corrected chi connectivity index (χ0v) is 9.64. The molecule has 0 aliphatic carbocycles. The highest BCUT2D eigenvalue weighted by molar-refractivity contribution is 5.87. The topological polar surface area (TPSA) is 68.1 Å². The van der Waals surface area contributed by atoms with Crippen molar-refractivity contribution in [1.82, 2.24) is 10.2 Å². The molecule has 0 atom stereocenters. The van der Waals surface area contributed by atoms with Gasteiger partial charge in [0.1, 0.15) is 5.76 Å². The summed E-state index contributed by atoms with van der Waals surface area (Å²) in [7, 11) is 1.58. The summed E-state index contributed by atoms with van der Waals surface area (Å²) in [5, 5.41) is 7.83.